The number of alkyl halides is 3. The van der Waals surface area contributed by atoms with Crippen LogP contribution in [0.25, 0.3) is 0 Å². The van der Waals surface area contributed by atoms with E-state index in [1.165, 1.54) is 19.0 Å². The van der Waals surface area contributed by atoms with Crippen LogP contribution in [-0.2, 0) is 12.7 Å². The first-order valence-electron chi connectivity index (χ1n) is 6.92. The monoisotopic (exact) mass is 285 g/mol. The molecule has 0 aliphatic carbocycles. The number of nitrogens with one attached hydrogen (secondary N) is 1. The molecule has 3 heterocycles. The maximum atomic E-state index is 12.6. The maximum absolute atomic E-state index is 12.6. The van der Waals surface area contributed by atoms with Gasteiger partial charge in [-0.2, -0.15) is 13.2 Å². The molecule has 2 aliphatic heterocycles. The van der Waals surface area contributed by atoms with Crippen LogP contribution in [0, 0.1) is 5.41 Å². The molecule has 3 rings (SSSR count). The molecule has 110 valence electrons. The van der Waals surface area contributed by atoms with Crippen LogP contribution in [0.3, 0.4) is 0 Å². The molecule has 0 saturated carbocycles. The van der Waals surface area contributed by atoms with Crippen molar-refractivity contribution in [3.8, 4) is 0 Å². The Morgan fingerprint density at radius 2 is 1.95 bits per heavy atom. The Morgan fingerprint density at radius 3 is 2.60 bits per heavy atom. The van der Waals surface area contributed by atoms with Crippen molar-refractivity contribution in [2.45, 2.75) is 25.6 Å². The summed E-state index contributed by atoms with van der Waals surface area (Å²) in [5.74, 6) is 0. The van der Waals surface area contributed by atoms with Gasteiger partial charge in [-0.25, -0.2) is 0 Å². The van der Waals surface area contributed by atoms with Gasteiger partial charge in [0.15, 0.2) is 0 Å². The molecule has 0 bridgehead atoms. The summed E-state index contributed by atoms with van der Waals surface area (Å²) in [6, 6.07) is 2.18. The normalized spacial score (nSPS) is 22.8. The molecule has 20 heavy (non-hydrogen) atoms. The van der Waals surface area contributed by atoms with Crippen LogP contribution in [-0.4, -0.2) is 36.1 Å². The van der Waals surface area contributed by atoms with Gasteiger partial charge in [0.2, 0.25) is 0 Å². The van der Waals surface area contributed by atoms with Gasteiger partial charge in [-0.05, 0) is 43.5 Å². The summed E-state index contributed by atoms with van der Waals surface area (Å²) in [6.07, 6.45) is -0.708. The molecule has 3 nitrogen and oxygen atoms in total. The summed E-state index contributed by atoms with van der Waals surface area (Å²) in [5, 5.41) is 3.34. The summed E-state index contributed by atoms with van der Waals surface area (Å²) < 4.78 is 37.9. The summed E-state index contributed by atoms with van der Waals surface area (Å²) >= 11 is 0. The van der Waals surface area contributed by atoms with Crippen molar-refractivity contribution in [3.63, 3.8) is 0 Å². The van der Waals surface area contributed by atoms with Crippen molar-refractivity contribution in [1.82, 2.24) is 15.2 Å². The van der Waals surface area contributed by atoms with E-state index < -0.39 is 11.7 Å². The predicted octanol–water partition coefficient (Wildman–Crippen LogP) is 2.29. The zero-order valence-electron chi connectivity index (χ0n) is 11.2. The summed E-state index contributed by atoms with van der Waals surface area (Å²) in [4.78, 5) is 6.24. The molecule has 6 heteroatoms. The fourth-order valence-corrected chi connectivity index (χ4v) is 3.26. The van der Waals surface area contributed by atoms with E-state index in [0.29, 0.717) is 17.7 Å². The Hall–Kier alpha value is -1.14. The second kappa shape index (κ2) is 5.00. The molecule has 0 amide bonds. The molecule has 1 aromatic rings. The van der Waals surface area contributed by atoms with Crippen LogP contribution in [0.2, 0.25) is 0 Å². The second-order valence-corrected chi connectivity index (χ2v) is 5.93. The number of piperidine rings is 1. The number of hydrogen-bond donors (Lipinski definition) is 1. The van der Waals surface area contributed by atoms with Gasteiger partial charge in [-0.15, -0.1) is 0 Å². The standard InChI is InChI=1S/C14H18F3N3/c15-14(16,17)11-1-4-19-12(7-11)8-20-9-13(10-20)2-5-18-6-3-13/h1,4,7,18H,2-3,5-6,8-10H2. The van der Waals surface area contributed by atoms with E-state index in [1.54, 1.807) is 0 Å². The van der Waals surface area contributed by atoms with Gasteiger partial charge in [0.1, 0.15) is 0 Å². The largest absolute Gasteiger partial charge is 0.416 e. The number of aromatic nitrogens is 1. The highest BCUT2D eigenvalue weighted by Gasteiger charge is 2.43. The van der Waals surface area contributed by atoms with Crippen molar-refractivity contribution >= 4 is 0 Å². The third kappa shape index (κ3) is 2.81. The van der Waals surface area contributed by atoms with Gasteiger partial charge in [0, 0.05) is 25.8 Å². The van der Waals surface area contributed by atoms with Gasteiger partial charge in [-0.3, -0.25) is 9.88 Å². The van der Waals surface area contributed by atoms with Crippen LogP contribution in [0.4, 0.5) is 13.2 Å². The summed E-state index contributed by atoms with van der Waals surface area (Å²) in [6.45, 7) is 4.57. The van der Waals surface area contributed by atoms with Crippen LogP contribution >= 0.6 is 0 Å². The SMILES string of the molecule is FC(F)(F)c1ccnc(CN2CC3(CCNCC3)C2)c1. The number of halogens is 3. The van der Waals surface area contributed by atoms with E-state index in [4.69, 9.17) is 0 Å². The molecule has 1 spiro atoms. The van der Waals surface area contributed by atoms with Gasteiger partial charge in [-0.1, -0.05) is 0 Å². The van der Waals surface area contributed by atoms with Crippen molar-refractivity contribution in [3.05, 3.63) is 29.6 Å². The highest BCUT2D eigenvalue weighted by Crippen LogP contribution is 2.39. The number of rotatable bonds is 2. The lowest BCUT2D eigenvalue weighted by molar-refractivity contribution is -0.137. The fraction of sp³-hybridized carbons (Fsp3) is 0.643. The predicted molar refractivity (Wildman–Crippen MR) is 69.1 cm³/mol. The first-order valence-corrected chi connectivity index (χ1v) is 6.92. The lowest BCUT2D eigenvalue weighted by atomic mass is 9.72. The molecule has 1 aromatic heterocycles. The third-order valence-electron chi connectivity index (χ3n) is 4.31. The Bertz CT molecular complexity index is 473. The van der Waals surface area contributed by atoms with Crippen molar-refractivity contribution in [1.29, 1.82) is 0 Å². The molecule has 0 unspecified atom stereocenters. The van der Waals surface area contributed by atoms with E-state index in [-0.39, 0.29) is 0 Å². The van der Waals surface area contributed by atoms with Crippen molar-refractivity contribution < 1.29 is 13.2 Å². The van der Waals surface area contributed by atoms with Crippen LogP contribution < -0.4 is 5.32 Å². The number of hydrogen-bond acceptors (Lipinski definition) is 3. The van der Waals surface area contributed by atoms with Crippen LogP contribution in [0.5, 0.6) is 0 Å². The number of likely N-dealkylation sites (tertiary alicyclic amines) is 1. The number of nitrogens with zero attached hydrogens (tertiary/aromatic N) is 2. The van der Waals surface area contributed by atoms with Crippen LogP contribution in [0.15, 0.2) is 18.3 Å². The van der Waals surface area contributed by atoms with Crippen molar-refractivity contribution in [2.24, 2.45) is 5.41 Å². The van der Waals surface area contributed by atoms with Gasteiger partial charge in [0.05, 0.1) is 11.3 Å². The Kier molecular flexibility index (Phi) is 3.46. The summed E-state index contributed by atoms with van der Waals surface area (Å²) in [7, 11) is 0. The molecule has 0 aromatic carbocycles. The minimum absolute atomic E-state index is 0.396. The van der Waals surface area contributed by atoms with E-state index in [9.17, 15) is 13.2 Å². The summed E-state index contributed by atoms with van der Waals surface area (Å²) in [5.41, 5.74) is 0.288. The minimum Gasteiger partial charge on any atom is -0.317 e. The third-order valence-corrected chi connectivity index (χ3v) is 4.31. The smallest absolute Gasteiger partial charge is 0.317 e. The van der Waals surface area contributed by atoms with Gasteiger partial charge < -0.3 is 5.32 Å². The highest BCUT2D eigenvalue weighted by atomic mass is 19.4. The molecule has 0 atom stereocenters. The Balaban J connectivity index is 1.60. The van der Waals surface area contributed by atoms with Gasteiger partial charge >= 0.3 is 6.18 Å². The first kappa shape index (κ1) is 13.8. The molecule has 1 N–H and O–H groups in total. The molecule has 0 radical (unpaired) electrons. The molecule has 2 saturated heterocycles. The van der Waals surface area contributed by atoms with Gasteiger partial charge in [0.25, 0.3) is 0 Å². The first-order chi connectivity index (χ1) is 9.47. The van der Waals surface area contributed by atoms with E-state index in [1.807, 2.05) is 0 Å². The van der Waals surface area contributed by atoms with Crippen LogP contribution in [0.1, 0.15) is 24.1 Å². The van der Waals surface area contributed by atoms with E-state index in [2.05, 4.69) is 15.2 Å². The Morgan fingerprint density at radius 1 is 1.25 bits per heavy atom. The quantitative estimate of drug-likeness (QED) is 0.903. The maximum Gasteiger partial charge on any atom is 0.416 e. The highest BCUT2D eigenvalue weighted by molar-refractivity contribution is 5.19. The lowest BCUT2D eigenvalue weighted by Gasteiger charge is -2.52. The second-order valence-electron chi connectivity index (χ2n) is 5.93. The molecular weight excluding hydrogens is 267 g/mol. The topological polar surface area (TPSA) is 28.2 Å². The van der Waals surface area contributed by atoms with E-state index in [0.717, 1.165) is 38.3 Å². The lowest BCUT2D eigenvalue weighted by Crippen LogP contribution is -2.59. The molecular formula is C14H18F3N3. The minimum atomic E-state index is -4.29. The van der Waals surface area contributed by atoms with E-state index >= 15 is 0 Å². The average Bonchev–Trinajstić information content (AvgIpc) is 2.37. The molecule has 2 aliphatic rings. The zero-order valence-corrected chi connectivity index (χ0v) is 11.2. The Labute approximate surface area is 116 Å². The molecule has 2 fully saturated rings. The zero-order chi connectivity index (χ0) is 14.2. The average molecular weight is 285 g/mol. The number of pyridine rings is 1. The fourth-order valence-electron chi connectivity index (χ4n) is 3.26. The van der Waals surface area contributed by atoms with Crippen molar-refractivity contribution in [2.75, 3.05) is 26.2 Å².